The zero-order valence-corrected chi connectivity index (χ0v) is 12.4. The summed E-state index contributed by atoms with van der Waals surface area (Å²) in [7, 11) is -3.91. The third-order valence-electron chi connectivity index (χ3n) is 3.84. The topological polar surface area (TPSA) is 96.6 Å². The first-order chi connectivity index (χ1) is 9.79. The Morgan fingerprint density at radius 2 is 2.05 bits per heavy atom. The number of carbonyl (C=O) groups is 1. The highest BCUT2D eigenvalue weighted by molar-refractivity contribution is 7.89. The maximum absolute atomic E-state index is 13.1. The molecule has 1 aliphatic rings. The zero-order valence-electron chi connectivity index (χ0n) is 11.6. The molecule has 2 rings (SSSR count). The average molecular weight is 319 g/mol. The summed E-state index contributed by atoms with van der Waals surface area (Å²) < 4.78 is 44.6. The Labute approximate surface area is 122 Å². The van der Waals surface area contributed by atoms with Crippen LogP contribution in [0, 0.1) is 5.92 Å². The van der Waals surface area contributed by atoms with Gasteiger partial charge < -0.3 is 9.52 Å². The molecule has 1 aromatic rings. The van der Waals surface area contributed by atoms with E-state index < -0.39 is 27.3 Å². The van der Waals surface area contributed by atoms with Crippen LogP contribution in [0.2, 0.25) is 0 Å². The normalized spacial score (nSPS) is 24.7. The number of rotatable bonds is 5. The quantitative estimate of drug-likeness (QED) is 0.867. The van der Waals surface area contributed by atoms with Gasteiger partial charge in [0.05, 0.1) is 5.56 Å². The second-order valence-electron chi connectivity index (χ2n) is 5.38. The SMILES string of the molecule is CC(NS(=O)(=O)c1cc(C(=O)O)co1)C1CCC(F)CC1. The molecule has 1 saturated carbocycles. The van der Waals surface area contributed by atoms with Crippen LogP contribution in [0.1, 0.15) is 43.0 Å². The summed E-state index contributed by atoms with van der Waals surface area (Å²) in [6.07, 6.45) is 2.23. The van der Waals surface area contributed by atoms with E-state index in [-0.39, 0.29) is 17.5 Å². The second-order valence-corrected chi connectivity index (χ2v) is 7.03. The molecule has 8 heteroatoms. The first-order valence-electron chi connectivity index (χ1n) is 6.78. The molecule has 1 aliphatic carbocycles. The minimum absolute atomic E-state index is 0.0701. The Morgan fingerprint density at radius 1 is 1.43 bits per heavy atom. The summed E-state index contributed by atoms with van der Waals surface area (Å²) in [4.78, 5) is 10.7. The third kappa shape index (κ3) is 3.82. The van der Waals surface area contributed by atoms with E-state index in [0.29, 0.717) is 25.7 Å². The highest BCUT2D eigenvalue weighted by Crippen LogP contribution is 2.29. The third-order valence-corrected chi connectivity index (χ3v) is 5.26. The van der Waals surface area contributed by atoms with Crippen molar-refractivity contribution in [1.82, 2.24) is 4.72 Å². The summed E-state index contributed by atoms with van der Waals surface area (Å²) in [5.41, 5.74) is -0.221. The van der Waals surface area contributed by atoms with Crippen molar-refractivity contribution in [3.8, 4) is 0 Å². The van der Waals surface area contributed by atoms with E-state index >= 15 is 0 Å². The molecule has 1 unspecified atom stereocenters. The average Bonchev–Trinajstić information content (AvgIpc) is 2.89. The van der Waals surface area contributed by atoms with Crippen molar-refractivity contribution in [2.24, 2.45) is 5.92 Å². The van der Waals surface area contributed by atoms with Crippen LogP contribution in [-0.2, 0) is 10.0 Å². The van der Waals surface area contributed by atoms with E-state index in [9.17, 15) is 17.6 Å². The Morgan fingerprint density at radius 3 is 2.57 bits per heavy atom. The van der Waals surface area contributed by atoms with Crippen molar-refractivity contribution >= 4 is 16.0 Å². The van der Waals surface area contributed by atoms with Crippen LogP contribution in [0.3, 0.4) is 0 Å². The van der Waals surface area contributed by atoms with Crippen molar-refractivity contribution in [2.45, 2.75) is 49.9 Å². The monoisotopic (exact) mass is 319 g/mol. The first-order valence-corrected chi connectivity index (χ1v) is 8.26. The second kappa shape index (κ2) is 6.15. The fraction of sp³-hybridized carbons (Fsp3) is 0.615. The number of carboxylic acids is 1. The molecule has 0 amide bonds. The predicted octanol–water partition coefficient (Wildman–Crippen LogP) is 2.17. The molecule has 1 heterocycles. The molecule has 0 bridgehead atoms. The van der Waals surface area contributed by atoms with Gasteiger partial charge in [0, 0.05) is 12.1 Å². The van der Waals surface area contributed by atoms with Gasteiger partial charge in [0.1, 0.15) is 12.4 Å². The Kier molecular flexibility index (Phi) is 4.67. The fourth-order valence-corrected chi connectivity index (χ4v) is 3.80. The lowest BCUT2D eigenvalue weighted by molar-refractivity contribution is 0.0696. The van der Waals surface area contributed by atoms with E-state index in [1.54, 1.807) is 6.92 Å². The number of nitrogens with one attached hydrogen (secondary N) is 1. The van der Waals surface area contributed by atoms with Crippen LogP contribution >= 0.6 is 0 Å². The molecule has 6 nitrogen and oxygen atoms in total. The molecular weight excluding hydrogens is 301 g/mol. The summed E-state index contributed by atoms with van der Waals surface area (Å²) in [6.45, 7) is 1.72. The number of aromatic carboxylic acids is 1. The van der Waals surface area contributed by atoms with Crippen LogP contribution in [0.15, 0.2) is 21.8 Å². The first kappa shape index (κ1) is 16.0. The number of halogens is 1. The van der Waals surface area contributed by atoms with Gasteiger partial charge in [-0.25, -0.2) is 22.3 Å². The molecule has 0 saturated heterocycles. The molecule has 0 aliphatic heterocycles. The molecule has 2 N–H and O–H groups in total. The number of hydrogen-bond donors (Lipinski definition) is 2. The fourth-order valence-electron chi connectivity index (χ4n) is 2.55. The smallest absolute Gasteiger partial charge is 0.339 e. The van der Waals surface area contributed by atoms with E-state index in [4.69, 9.17) is 9.52 Å². The van der Waals surface area contributed by atoms with Crippen LogP contribution in [0.4, 0.5) is 4.39 Å². The van der Waals surface area contributed by atoms with Crippen molar-refractivity contribution in [3.05, 3.63) is 17.9 Å². The van der Waals surface area contributed by atoms with Crippen molar-refractivity contribution in [1.29, 1.82) is 0 Å². The van der Waals surface area contributed by atoms with Gasteiger partial charge in [-0.1, -0.05) is 0 Å². The molecule has 0 aromatic carbocycles. The number of furan rings is 1. The van der Waals surface area contributed by atoms with Crippen molar-refractivity contribution in [3.63, 3.8) is 0 Å². The highest BCUT2D eigenvalue weighted by atomic mass is 32.2. The predicted molar refractivity (Wildman–Crippen MR) is 72.3 cm³/mol. The van der Waals surface area contributed by atoms with Gasteiger partial charge in [-0.05, 0) is 38.5 Å². The molecule has 21 heavy (non-hydrogen) atoms. The maximum atomic E-state index is 13.1. The van der Waals surface area contributed by atoms with E-state index in [0.717, 1.165) is 12.3 Å². The van der Waals surface area contributed by atoms with E-state index in [1.165, 1.54) is 0 Å². The number of carboxylic acid groups (broad SMARTS) is 1. The molecule has 1 fully saturated rings. The summed E-state index contributed by atoms with van der Waals surface area (Å²) in [5.74, 6) is -1.19. The molecule has 0 radical (unpaired) electrons. The van der Waals surface area contributed by atoms with Crippen LogP contribution in [0.5, 0.6) is 0 Å². The Bertz CT molecular complexity index is 604. The molecule has 118 valence electrons. The molecule has 0 spiro atoms. The van der Waals surface area contributed by atoms with Gasteiger partial charge in [0.15, 0.2) is 0 Å². The van der Waals surface area contributed by atoms with E-state index in [1.807, 2.05) is 0 Å². The van der Waals surface area contributed by atoms with Gasteiger partial charge in [-0.2, -0.15) is 0 Å². The lowest BCUT2D eigenvalue weighted by Gasteiger charge is -2.29. The number of hydrogen-bond acceptors (Lipinski definition) is 4. The lowest BCUT2D eigenvalue weighted by Crippen LogP contribution is -2.39. The Balaban J connectivity index is 2.04. The lowest BCUT2D eigenvalue weighted by atomic mass is 9.84. The van der Waals surface area contributed by atoms with Crippen LogP contribution in [0.25, 0.3) is 0 Å². The minimum atomic E-state index is -3.91. The van der Waals surface area contributed by atoms with Crippen LogP contribution in [-0.4, -0.2) is 31.7 Å². The van der Waals surface area contributed by atoms with Gasteiger partial charge in [0.25, 0.3) is 10.0 Å². The minimum Gasteiger partial charge on any atom is -0.478 e. The summed E-state index contributed by atoms with van der Waals surface area (Å²) in [5, 5.41) is 8.34. The van der Waals surface area contributed by atoms with Crippen molar-refractivity contribution in [2.75, 3.05) is 0 Å². The van der Waals surface area contributed by atoms with Gasteiger partial charge in [-0.3, -0.25) is 0 Å². The van der Waals surface area contributed by atoms with Crippen molar-refractivity contribution < 1.29 is 27.1 Å². The van der Waals surface area contributed by atoms with Crippen LogP contribution < -0.4 is 4.72 Å². The molecule has 1 atom stereocenters. The summed E-state index contributed by atoms with van der Waals surface area (Å²) >= 11 is 0. The van der Waals surface area contributed by atoms with Gasteiger partial charge in [-0.15, -0.1) is 0 Å². The summed E-state index contributed by atoms with van der Waals surface area (Å²) in [6, 6.07) is 0.608. The number of alkyl halides is 1. The maximum Gasteiger partial charge on any atom is 0.339 e. The standard InChI is InChI=1S/C13H18FNO5S/c1-8(9-2-4-11(14)5-3-9)15-21(18,19)12-6-10(7-20-12)13(16)17/h6-9,11,15H,2-5H2,1H3,(H,16,17). The largest absolute Gasteiger partial charge is 0.478 e. The zero-order chi connectivity index (χ0) is 15.6. The van der Waals surface area contributed by atoms with E-state index in [2.05, 4.69) is 4.72 Å². The molecular formula is C13H18FNO5S. The van der Waals surface area contributed by atoms with Gasteiger partial charge >= 0.3 is 5.97 Å². The number of sulfonamides is 1. The molecule has 1 aromatic heterocycles. The van der Waals surface area contributed by atoms with Gasteiger partial charge in [0.2, 0.25) is 5.09 Å². The highest BCUT2D eigenvalue weighted by Gasteiger charge is 2.29. The Hall–Kier alpha value is -1.41.